The molecule has 6 heteroatoms. The van der Waals surface area contributed by atoms with Crippen molar-refractivity contribution in [1.29, 1.82) is 0 Å². The van der Waals surface area contributed by atoms with E-state index in [1.165, 1.54) is 11.0 Å². The van der Waals surface area contributed by atoms with Crippen LogP contribution in [0.25, 0.3) is 0 Å². The van der Waals surface area contributed by atoms with Gasteiger partial charge in [0.05, 0.1) is 11.5 Å². The van der Waals surface area contributed by atoms with Crippen molar-refractivity contribution >= 4 is 11.6 Å². The third kappa shape index (κ3) is 3.12. The summed E-state index contributed by atoms with van der Waals surface area (Å²) in [6.45, 7) is 0.690. The van der Waals surface area contributed by atoms with Gasteiger partial charge in [-0.25, -0.2) is 0 Å². The molecule has 0 N–H and O–H groups in total. The average molecular weight is 276 g/mol. The number of amides is 1. The van der Waals surface area contributed by atoms with Gasteiger partial charge in [0.2, 0.25) is 5.82 Å². The van der Waals surface area contributed by atoms with Crippen molar-refractivity contribution < 1.29 is 14.1 Å². The van der Waals surface area contributed by atoms with Crippen molar-refractivity contribution in [2.75, 3.05) is 13.1 Å². The number of terminal acetylenes is 1. The number of hydrogen-bond acceptors (Lipinski definition) is 3. The molecule has 0 aromatic heterocycles. The van der Waals surface area contributed by atoms with Crippen LogP contribution in [0.2, 0.25) is 0 Å². The molecule has 1 aliphatic carbocycles. The Hall–Kier alpha value is -2.42. The van der Waals surface area contributed by atoms with Crippen molar-refractivity contribution in [1.82, 2.24) is 4.90 Å². The third-order valence-electron chi connectivity index (χ3n) is 3.14. The number of hydrogen-bond donors (Lipinski definition) is 0. The van der Waals surface area contributed by atoms with E-state index in [9.17, 15) is 19.3 Å². The van der Waals surface area contributed by atoms with Gasteiger partial charge in [0, 0.05) is 18.2 Å². The van der Waals surface area contributed by atoms with E-state index in [2.05, 4.69) is 5.92 Å². The summed E-state index contributed by atoms with van der Waals surface area (Å²) in [7, 11) is 0. The molecule has 1 aliphatic rings. The first-order valence-electron chi connectivity index (χ1n) is 6.19. The topological polar surface area (TPSA) is 63.5 Å². The Morgan fingerprint density at radius 1 is 1.55 bits per heavy atom. The number of carbonyl (C=O) groups is 1. The maximum atomic E-state index is 13.5. The second-order valence-corrected chi connectivity index (χ2v) is 4.76. The predicted octanol–water partition coefficient (Wildman–Crippen LogP) is 2.22. The van der Waals surface area contributed by atoms with Gasteiger partial charge in [0.25, 0.3) is 5.91 Å². The van der Waals surface area contributed by atoms with Crippen LogP contribution in [-0.2, 0) is 0 Å². The molecule has 5 nitrogen and oxygen atoms in total. The van der Waals surface area contributed by atoms with Crippen LogP contribution in [0.1, 0.15) is 23.2 Å². The quantitative estimate of drug-likeness (QED) is 0.470. The monoisotopic (exact) mass is 276 g/mol. The highest BCUT2D eigenvalue weighted by Gasteiger charge is 2.27. The minimum absolute atomic E-state index is 0.0731. The summed E-state index contributed by atoms with van der Waals surface area (Å²) in [6.07, 6.45) is 7.34. The minimum atomic E-state index is -1.02. The van der Waals surface area contributed by atoms with Gasteiger partial charge in [-0.05, 0) is 30.9 Å². The minimum Gasteiger partial charge on any atom is -0.327 e. The molecule has 0 unspecified atom stereocenters. The number of carbonyl (C=O) groups excluding carboxylic acids is 1. The van der Waals surface area contributed by atoms with E-state index in [-0.39, 0.29) is 12.1 Å². The van der Waals surface area contributed by atoms with Gasteiger partial charge in [-0.2, -0.15) is 4.39 Å². The number of halogens is 1. The van der Waals surface area contributed by atoms with Crippen molar-refractivity contribution in [2.45, 2.75) is 12.8 Å². The van der Waals surface area contributed by atoms with Gasteiger partial charge in [-0.15, -0.1) is 6.42 Å². The van der Waals surface area contributed by atoms with Crippen LogP contribution in [0.3, 0.4) is 0 Å². The van der Waals surface area contributed by atoms with Gasteiger partial charge in [-0.1, -0.05) is 5.92 Å². The zero-order valence-corrected chi connectivity index (χ0v) is 10.7. The number of nitro benzene ring substituents is 1. The molecule has 1 fully saturated rings. The van der Waals surface area contributed by atoms with E-state index in [1.54, 1.807) is 0 Å². The van der Waals surface area contributed by atoms with E-state index in [1.807, 2.05) is 0 Å². The fourth-order valence-electron chi connectivity index (χ4n) is 1.91. The molecule has 104 valence electrons. The van der Waals surface area contributed by atoms with E-state index in [4.69, 9.17) is 6.42 Å². The number of nitrogens with zero attached hydrogens (tertiary/aromatic N) is 2. The summed E-state index contributed by atoms with van der Waals surface area (Å²) >= 11 is 0. The van der Waals surface area contributed by atoms with Crippen LogP contribution >= 0.6 is 0 Å². The normalized spacial score (nSPS) is 13.6. The number of nitro groups is 1. The lowest BCUT2D eigenvalue weighted by Gasteiger charge is -2.20. The molecular formula is C14H13FN2O3. The summed E-state index contributed by atoms with van der Waals surface area (Å²) in [5.74, 6) is 1.43. The summed E-state index contributed by atoms with van der Waals surface area (Å²) in [6, 6.07) is 3.13. The van der Waals surface area contributed by atoms with E-state index < -0.39 is 22.3 Å². The van der Waals surface area contributed by atoms with Crippen molar-refractivity contribution in [2.24, 2.45) is 5.92 Å². The highest BCUT2D eigenvalue weighted by Crippen LogP contribution is 2.30. The fourth-order valence-corrected chi connectivity index (χ4v) is 1.91. The van der Waals surface area contributed by atoms with Crippen LogP contribution in [0.4, 0.5) is 10.1 Å². The Kier molecular flexibility index (Phi) is 3.99. The standard InChI is InChI=1S/C14H13FN2O3/c1-2-7-16(9-10-3-4-10)14(18)11-5-6-13(17(19)20)12(15)8-11/h1,5-6,8,10H,3-4,7,9H2. The molecule has 0 bridgehead atoms. The molecule has 0 atom stereocenters. The molecule has 20 heavy (non-hydrogen) atoms. The van der Waals surface area contributed by atoms with Crippen LogP contribution in [0.5, 0.6) is 0 Å². The Labute approximate surface area is 115 Å². The molecule has 1 aromatic carbocycles. The van der Waals surface area contributed by atoms with Gasteiger partial charge in [0.1, 0.15) is 0 Å². The first-order valence-corrected chi connectivity index (χ1v) is 6.19. The Balaban J connectivity index is 2.20. The lowest BCUT2D eigenvalue weighted by atomic mass is 10.1. The Bertz CT molecular complexity index is 591. The van der Waals surface area contributed by atoms with Crippen LogP contribution in [0, 0.1) is 34.2 Å². The number of benzene rings is 1. The molecule has 1 aromatic rings. The van der Waals surface area contributed by atoms with Crippen molar-refractivity contribution in [3.8, 4) is 12.3 Å². The molecule has 1 amide bonds. The summed E-state index contributed by atoms with van der Waals surface area (Å²) < 4.78 is 13.5. The molecule has 0 saturated heterocycles. The second-order valence-electron chi connectivity index (χ2n) is 4.76. The third-order valence-corrected chi connectivity index (χ3v) is 3.14. The van der Waals surface area contributed by atoms with E-state index in [0.29, 0.717) is 12.5 Å². The highest BCUT2D eigenvalue weighted by molar-refractivity contribution is 5.94. The Morgan fingerprint density at radius 3 is 2.75 bits per heavy atom. The molecule has 2 rings (SSSR count). The summed E-state index contributed by atoms with van der Waals surface area (Å²) in [5, 5.41) is 10.5. The summed E-state index contributed by atoms with van der Waals surface area (Å²) in [5.41, 5.74) is -0.573. The zero-order chi connectivity index (χ0) is 14.7. The second kappa shape index (κ2) is 5.70. The lowest BCUT2D eigenvalue weighted by molar-refractivity contribution is -0.387. The van der Waals surface area contributed by atoms with Gasteiger partial charge < -0.3 is 4.90 Å². The molecule has 0 radical (unpaired) electrons. The van der Waals surface area contributed by atoms with Crippen molar-refractivity contribution in [3.63, 3.8) is 0 Å². The van der Waals surface area contributed by atoms with Gasteiger partial charge in [-0.3, -0.25) is 14.9 Å². The Morgan fingerprint density at radius 2 is 2.25 bits per heavy atom. The first-order chi connectivity index (χ1) is 9.52. The molecule has 0 aliphatic heterocycles. The highest BCUT2D eigenvalue weighted by atomic mass is 19.1. The molecule has 0 heterocycles. The van der Waals surface area contributed by atoms with Crippen LogP contribution in [-0.4, -0.2) is 28.8 Å². The van der Waals surface area contributed by atoms with Gasteiger partial charge >= 0.3 is 5.69 Å². The molecule has 0 spiro atoms. The zero-order valence-electron chi connectivity index (χ0n) is 10.7. The largest absolute Gasteiger partial charge is 0.327 e. The van der Waals surface area contributed by atoms with Crippen LogP contribution in [0.15, 0.2) is 18.2 Å². The fraction of sp³-hybridized carbons (Fsp3) is 0.357. The predicted molar refractivity (Wildman–Crippen MR) is 70.5 cm³/mol. The maximum Gasteiger partial charge on any atom is 0.304 e. The van der Waals surface area contributed by atoms with Gasteiger partial charge in [0.15, 0.2) is 0 Å². The van der Waals surface area contributed by atoms with Crippen LogP contribution < -0.4 is 0 Å². The maximum absolute atomic E-state index is 13.5. The first kappa shape index (κ1) is 14.0. The smallest absolute Gasteiger partial charge is 0.304 e. The lowest BCUT2D eigenvalue weighted by Crippen LogP contribution is -2.33. The SMILES string of the molecule is C#CCN(CC1CC1)C(=O)c1ccc([N+](=O)[O-])c(F)c1. The summed E-state index contributed by atoms with van der Waals surface area (Å²) in [4.78, 5) is 23.4. The van der Waals surface area contributed by atoms with E-state index >= 15 is 0 Å². The van der Waals surface area contributed by atoms with Crippen molar-refractivity contribution in [3.05, 3.63) is 39.7 Å². The number of rotatable bonds is 5. The molecular weight excluding hydrogens is 263 g/mol. The molecule has 1 saturated carbocycles. The van der Waals surface area contributed by atoms with E-state index in [0.717, 1.165) is 25.0 Å². The average Bonchev–Trinajstić information content (AvgIpc) is 3.21.